The van der Waals surface area contributed by atoms with Crippen molar-refractivity contribution in [3.8, 4) is 6.07 Å². The highest BCUT2D eigenvalue weighted by atomic mass is 16.3. The summed E-state index contributed by atoms with van der Waals surface area (Å²) < 4.78 is 0. The molecule has 0 saturated carbocycles. The van der Waals surface area contributed by atoms with E-state index in [1.165, 1.54) is 0 Å². The number of carbonyl (C=O) groups is 1. The molecule has 2 atom stereocenters. The zero-order valence-corrected chi connectivity index (χ0v) is 11.1. The molecule has 1 amide bonds. The van der Waals surface area contributed by atoms with Crippen molar-refractivity contribution in [2.75, 3.05) is 13.1 Å². The van der Waals surface area contributed by atoms with Gasteiger partial charge in [0.15, 0.2) is 0 Å². The Morgan fingerprint density at radius 1 is 1.58 bits per heavy atom. The molecule has 2 unspecified atom stereocenters. The molecule has 100 valence electrons. The number of hydrogen-bond donors (Lipinski definition) is 1. The summed E-state index contributed by atoms with van der Waals surface area (Å²) in [5, 5.41) is 18.5. The number of piperidine rings is 1. The Balaban J connectivity index is 2.16. The van der Waals surface area contributed by atoms with Crippen molar-refractivity contribution >= 4 is 5.91 Å². The molecule has 19 heavy (non-hydrogen) atoms. The van der Waals surface area contributed by atoms with Gasteiger partial charge in [0, 0.05) is 13.1 Å². The molecule has 0 bridgehead atoms. The molecule has 1 aromatic rings. The van der Waals surface area contributed by atoms with Gasteiger partial charge in [0.1, 0.15) is 11.8 Å². The Morgan fingerprint density at radius 3 is 2.89 bits per heavy atom. The van der Waals surface area contributed by atoms with E-state index in [1.54, 1.807) is 24.0 Å². The lowest BCUT2D eigenvalue weighted by molar-refractivity contribution is 0.0294. The number of rotatable bonds is 1. The first-order valence-corrected chi connectivity index (χ1v) is 6.38. The van der Waals surface area contributed by atoms with Crippen LogP contribution in [0.4, 0.5) is 0 Å². The smallest absolute Gasteiger partial charge is 0.272 e. The highest BCUT2D eigenvalue weighted by Crippen LogP contribution is 2.18. The molecule has 0 aliphatic carbocycles. The van der Waals surface area contributed by atoms with Crippen molar-refractivity contribution in [3.63, 3.8) is 0 Å². The van der Waals surface area contributed by atoms with Crippen LogP contribution in [-0.4, -0.2) is 40.1 Å². The van der Waals surface area contributed by atoms with E-state index in [0.717, 1.165) is 0 Å². The van der Waals surface area contributed by atoms with Gasteiger partial charge >= 0.3 is 0 Å². The zero-order chi connectivity index (χ0) is 14.0. The maximum Gasteiger partial charge on any atom is 0.272 e. The Labute approximate surface area is 112 Å². The minimum atomic E-state index is -0.334. The number of aryl methyl sites for hydroxylation is 1. The summed E-state index contributed by atoms with van der Waals surface area (Å²) >= 11 is 0. The number of nitriles is 1. The lowest BCUT2D eigenvalue weighted by atomic mass is 9.96. The summed E-state index contributed by atoms with van der Waals surface area (Å²) in [6.45, 7) is 4.74. The van der Waals surface area contributed by atoms with Crippen LogP contribution in [0, 0.1) is 24.2 Å². The fourth-order valence-corrected chi connectivity index (χ4v) is 2.28. The van der Waals surface area contributed by atoms with Crippen molar-refractivity contribution < 1.29 is 9.90 Å². The molecule has 0 spiro atoms. The van der Waals surface area contributed by atoms with Crippen molar-refractivity contribution in [2.45, 2.75) is 26.4 Å². The molecular formula is C14H17N3O2. The van der Waals surface area contributed by atoms with Crippen LogP contribution in [0.5, 0.6) is 0 Å². The van der Waals surface area contributed by atoms with E-state index in [2.05, 4.69) is 4.98 Å². The molecule has 0 radical (unpaired) electrons. The Bertz CT molecular complexity index is 536. The highest BCUT2D eigenvalue weighted by molar-refractivity contribution is 5.92. The summed E-state index contributed by atoms with van der Waals surface area (Å²) in [6, 6.07) is 5.24. The first-order chi connectivity index (χ1) is 9.02. The minimum absolute atomic E-state index is 0.0807. The largest absolute Gasteiger partial charge is 0.393 e. The van der Waals surface area contributed by atoms with Crippen molar-refractivity contribution in [3.05, 3.63) is 29.1 Å². The minimum Gasteiger partial charge on any atom is -0.393 e. The van der Waals surface area contributed by atoms with Crippen LogP contribution < -0.4 is 0 Å². The molecule has 1 N–H and O–H groups in total. The van der Waals surface area contributed by atoms with E-state index in [1.807, 2.05) is 13.0 Å². The average Bonchev–Trinajstić information content (AvgIpc) is 2.41. The van der Waals surface area contributed by atoms with Gasteiger partial charge in [-0.05, 0) is 31.4 Å². The number of aliphatic hydroxyl groups is 1. The van der Waals surface area contributed by atoms with Crippen LogP contribution in [-0.2, 0) is 0 Å². The van der Waals surface area contributed by atoms with E-state index >= 15 is 0 Å². The Kier molecular flexibility index (Phi) is 3.82. The summed E-state index contributed by atoms with van der Waals surface area (Å²) in [6.07, 6.45) is 0.266. The summed E-state index contributed by atoms with van der Waals surface area (Å²) in [7, 11) is 0. The van der Waals surface area contributed by atoms with Crippen molar-refractivity contribution in [1.29, 1.82) is 5.26 Å². The van der Waals surface area contributed by atoms with Gasteiger partial charge in [-0.1, -0.05) is 6.92 Å². The van der Waals surface area contributed by atoms with Gasteiger partial charge in [0.05, 0.1) is 17.4 Å². The zero-order valence-electron chi connectivity index (χ0n) is 11.1. The van der Waals surface area contributed by atoms with Crippen LogP contribution in [0.1, 0.15) is 35.1 Å². The first kappa shape index (κ1) is 13.5. The van der Waals surface area contributed by atoms with E-state index in [0.29, 0.717) is 36.5 Å². The van der Waals surface area contributed by atoms with Crippen molar-refractivity contribution in [2.24, 2.45) is 5.92 Å². The fourth-order valence-electron chi connectivity index (χ4n) is 2.28. The quantitative estimate of drug-likeness (QED) is 0.819. The summed E-state index contributed by atoms with van der Waals surface area (Å²) in [4.78, 5) is 18.2. The SMILES string of the molecule is Cc1nc(C(=O)N2CCC(O)C(C)C2)ccc1C#N. The number of nitrogens with zero attached hydrogens (tertiary/aromatic N) is 3. The normalized spacial score (nSPS) is 22.9. The van der Waals surface area contributed by atoms with Gasteiger partial charge in [-0.15, -0.1) is 0 Å². The van der Waals surface area contributed by atoms with E-state index in [9.17, 15) is 9.90 Å². The predicted molar refractivity (Wildman–Crippen MR) is 69.4 cm³/mol. The molecule has 0 aromatic carbocycles. The van der Waals surface area contributed by atoms with Gasteiger partial charge in [-0.3, -0.25) is 4.79 Å². The topological polar surface area (TPSA) is 77.2 Å². The van der Waals surface area contributed by atoms with Gasteiger partial charge in [-0.2, -0.15) is 5.26 Å². The maximum absolute atomic E-state index is 12.3. The number of aromatic nitrogens is 1. The molecule has 1 saturated heterocycles. The van der Waals surface area contributed by atoms with Crippen LogP contribution in [0.15, 0.2) is 12.1 Å². The maximum atomic E-state index is 12.3. The molecule has 1 aliphatic rings. The average molecular weight is 259 g/mol. The Hall–Kier alpha value is -1.93. The lowest BCUT2D eigenvalue weighted by Gasteiger charge is -2.34. The first-order valence-electron chi connectivity index (χ1n) is 6.38. The third kappa shape index (κ3) is 2.74. The number of amides is 1. The second-order valence-corrected chi connectivity index (χ2v) is 5.03. The number of carbonyl (C=O) groups excluding carboxylic acids is 1. The van der Waals surface area contributed by atoms with Gasteiger partial charge in [-0.25, -0.2) is 4.98 Å². The number of pyridine rings is 1. The van der Waals surface area contributed by atoms with Crippen LogP contribution in [0.3, 0.4) is 0 Å². The van der Waals surface area contributed by atoms with Gasteiger partial charge < -0.3 is 10.0 Å². The molecule has 1 aliphatic heterocycles. The molecule has 2 rings (SSSR count). The summed E-state index contributed by atoms with van der Waals surface area (Å²) in [5.41, 5.74) is 1.41. The second-order valence-electron chi connectivity index (χ2n) is 5.03. The molecule has 1 aromatic heterocycles. The van der Waals surface area contributed by atoms with E-state index < -0.39 is 0 Å². The Morgan fingerprint density at radius 2 is 2.32 bits per heavy atom. The fraction of sp³-hybridized carbons (Fsp3) is 0.500. The van der Waals surface area contributed by atoms with E-state index in [-0.39, 0.29) is 17.9 Å². The van der Waals surface area contributed by atoms with E-state index in [4.69, 9.17) is 5.26 Å². The molecule has 2 heterocycles. The van der Waals surface area contributed by atoms with Crippen molar-refractivity contribution in [1.82, 2.24) is 9.88 Å². The monoisotopic (exact) mass is 259 g/mol. The molecular weight excluding hydrogens is 242 g/mol. The standard InChI is InChI=1S/C14H17N3O2/c1-9-8-17(6-5-13(9)18)14(19)12-4-3-11(7-15)10(2)16-12/h3-4,9,13,18H,5-6,8H2,1-2H3. The van der Waals surface area contributed by atoms with Gasteiger partial charge in [0.25, 0.3) is 5.91 Å². The molecule has 5 nitrogen and oxygen atoms in total. The van der Waals surface area contributed by atoms with Crippen LogP contribution in [0.25, 0.3) is 0 Å². The molecule has 5 heteroatoms. The third-order valence-electron chi connectivity index (χ3n) is 3.57. The van der Waals surface area contributed by atoms with Crippen LogP contribution in [0.2, 0.25) is 0 Å². The van der Waals surface area contributed by atoms with Gasteiger partial charge in [0.2, 0.25) is 0 Å². The number of likely N-dealkylation sites (tertiary alicyclic amines) is 1. The summed E-state index contributed by atoms with van der Waals surface area (Å²) in [5.74, 6) is -0.0523. The van der Waals surface area contributed by atoms with Crippen LogP contribution >= 0.6 is 0 Å². The highest BCUT2D eigenvalue weighted by Gasteiger charge is 2.28. The lowest BCUT2D eigenvalue weighted by Crippen LogP contribution is -2.45. The predicted octanol–water partition coefficient (Wildman–Crippen LogP) is 1.10. The third-order valence-corrected chi connectivity index (χ3v) is 3.57. The number of aliphatic hydroxyl groups excluding tert-OH is 1. The number of hydrogen-bond acceptors (Lipinski definition) is 4. The molecule has 1 fully saturated rings. The second kappa shape index (κ2) is 5.37.